The molecule has 0 bridgehead atoms. The van der Waals surface area contributed by atoms with Crippen LogP contribution in [0.3, 0.4) is 0 Å². The van der Waals surface area contributed by atoms with Crippen molar-refractivity contribution < 1.29 is 4.79 Å². The Morgan fingerprint density at radius 2 is 1.89 bits per heavy atom. The topological polar surface area (TPSA) is 32.3 Å². The average Bonchev–Trinajstić information content (AvgIpc) is 3.08. The molecule has 19 heavy (non-hydrogen) atoms. The van der Waals surface area contributed by atoms with Gasteiger partial charge in [0, 0.05) is 6.54 Å². The molecule has 0 aromatic heterocycles. The Bertz CT molecular complexity index is 485. The summed E-state index contributed by atoms with van der Waals surface area (Å²) in [7, 11) is 0. The van der Waals surface area contributed by atoms with Gasteiger partial charge in [-0.25, -0.2) is 0 Å². The van der Waals surface area contributed by atoms with Gasteiger partial charge in [-0.1, -0.05) is 51.1 Å². The van der Waals surface area contributed by atoms with Gasteiger partial charge in [0.05, 0.1) is 0 Å². The molecule has 1 atom stereocenters. The fourth-order valence-corrected chi connectivity index (χ4v) is 2.85. The molecule has 102 valence electrons. The summed E-state index contributed by atoms with van der Waals surface area (Å²) < 4.78 is 0. The van der Waals surface area contributed by atoms with E-state index >= 15 is 0 Å². The Balaban J connectivity index is 1.91. The normalized spacial score (nSPS) is 25.1. The van der Waals surface area contributed by atoms with E-state index < -0.39 is 0 Å². The van der Waals surface area contributed by atoms with Gasteiger partial charge < -0.3 is 4.90 Å². The van der Waals surface area contributed by atoms with E-state index in [-0.39, 0.29) is 23.0 Å². The SMILES string of the molecule is CC(C)(C)CN1C(=O)C2(CC2)NC1c1ccccc1. The summed E-state index contributed by atoms with van der Waals surface area (Å²) in [6.45, 7) is 7.33. The van der Waals surface area contributed by atoms with Crippen LogP contribution in [-0.2, 0) is 4.79 Å². The van der Waals surface area contributed by atoms with Crippen LogP contribution in [-0.4, -0.2) is 22.9 Å². The van der Waals surface area contributed by atoms with E-state index in [1.807, 2.05) is 23.1 Å². The molecule has 1 aliphatic heterocycles. The second-order valence-corrected chi connectivity index (χ2v) is 7.03. The largest absolute Gasteiger partial charge is 0.321 e. The number of nitrogens with one attached hydrogen (secondary N) is 1. The molecule has 1 N–H and O–H groups in total. The Morgan fingerprint density at radius 1 is 1.26 bits per heavy atom. The summed E-state index contributed by atoms with van der Waals surface area (Å²) >= 11 is 0. The van der Waals surface area contributed by atoms with Crippen molar-refractivity contribution in [2.75, 3.05) is 6.54 Å². The van der Waals surface area contributed by atoms with Gasteiger partial charge in [0.1, 0.15) is 11.7 Å². The monoisotopic (exact) mass is 258 g/mol. The van der Waals surface area contributed by atoms with E-state index in [0.29, 0.717) is 0 Å². The minimum Gasteiger partial charge on any atom is -0.321 e. The summed E-state index contributed by atoms with van der Waals surface area (Å²) in [5.74, 6) is 0.288. The summed E-state index contributed by atoms with van der Waals surface area (Å²) in [6.07, 6.45) is 2.00. The zero-order valence-corrected chi connectivity index (χ0v) is 11.9. The fourth-order valence-electron chi connectivity index (χ4n) is 2.85. The average molecular weight is 258 g/mol. The third kappa shape index (κ3) is 2.27. The van der Waals surface area contributed by atoms with Crippen molar-refractivity contribution in [1.29, 1.82) is 0 Å². The molecule has 1 heterocycles. The van der Waals surface area contributed by atoms with Gasteiger partial charge >= 0.3 is 0 Å². The number of amides is 1. The first-order valence-corrected chi connectivity index (χ1v) is 7.05. The Hall–Kier alpha value is -1.35. The number of hydrogen-bond donors (Lipinski definition) is 1. The quantitative estimate of drug-likeness (QED) is 0.884. The zero-order chi connectivity index (χ0) is 13.7. The van der Waals surface area contributed by atoms with Gasteiger partial charge in [0.15, 0.2) is 0 Å². The Labute approximate surface area is 115 Å². The third-order valence-corrected chi connectivity index (χ3v) is 3.90. The van der Waals surface area contributed by atoms with E-state index in [1.165, 1.54) is 5.56 Å². The number of carbonyl (C=O) groups excluding carboxylic acids is 1. The van der Waals surface area contributed by atoms with Crippen molar-refractivity contribution in [3.63, 3.8) is 0 Å². The number of nitrogens with zero attached hydrogens (tertiary/aromatic N) is 1. The van der Waals surface area contributed by atoms with Crippen molar-refractivity contribution in [1.82, 2.24) is 10.2 Å². The second kappa shape index (κ2) is 4.07. The van der Waals surface area contributed by atoms with Crippen molar-refractivity contribution in [3.05, 3.63) is 35.9 Å². The van der Waals surface area contributed by atoms with Crippen molar-refractivity contribution >= 4 is 5.91 Å². The molecule has 3 rings (SSSR count). The van der Waals surface area contributed by atoms with Crippen LogP contribution in [0.15, 0.2) is 30.3 Å². The van der Waals surface area contributed by atoms with Crippen LogP contribution in [0, 0.1) is 5.41 Å². The minimum atomic E-state index is -0.244. The van der Waals surface area contributed by atoms with Gasteiger partial charge in [-0.05, 0) is 23.8 Å². The van der Waals surface area contributed by atoms with Gasteiger partial charge in [0.25, 0.3) is 0 Å². The van der Waals surface area contributed by atoms with Crippen LogP contribution in [0.1, 0.15) is 45.3 Å². The highest BCUT2D eigenvalue weighted by Gasteiger charge is 2.59. The highest BCUT2D eigenvalue weighted by molar-refractivity contribution is 5.92. The molecule has 1 saturated heterocycles. The highest BCUT2D eigenvalue weighted by atomic mass is 16.2. The summed E-state index contributed by atoms with van der Waals surface area (Å²) in [5, 5.41) is 3.56. The molecule has 1 aromatic rings. The lowest BCUT2D eigenvalue weighted by molar-refractivity contribution is -0.132. The fraction of sp³-hybridized carbons (Fsp3) is 0.562. The summed E-state index contributed by atoms with van der Waals surface area (Å²) in [5.41, 5.74) is 1.06. The lowest BCUT2D eigenvalue weighted by Crippen LogP contribution is -2.38. The molecule has 1 amide bonds. The third-order valence-electron chi connectivity index (χ3n) is 3.90. The van der Waals surface area contributed by atoms with Gasteiger partial charge in [0.2, 0.25) is 5.91 Å². The Kier molecular flexibility index (Phi) is 2.72. The summed E-state index contributed by atoms with van der Waals surface area (Å²) in [6, 6.07) is 10.3. The molecular weight excluding hydrogens is 236 g/mol. The maximum atomic E-state index is 12.6. The molecule has 2 aliphatic rings. The lowest BCUT2D eigenvalue weighted by atomic mass is 9.95. The smallest absolute Gasteiger partial charge is 0.244 e. The summed E-state index contributed by atoms with van der Waals surface area (Å²) in [4.78, 5) is 14.6. The molecule has 3 heteroatoms. The zero-order valence-electron chi connectivity index (χ0n) is 11.9. The Morgan fingerprint density at radius 3 is 2.42 bits per heavy atom. The first-order chi connectivity index (χ1) is 8.91. The molecule has 1 aromatic carbocycles. The van der Waals surface area contributed by atoms with Crippen LogP contribution in [0.5, 0.6) is 0 Å². The number of carbonyl (C=O) groups is 1. The van der Waals surface area contributed by atoms with Gasteiger partial charge in [-0.15, -0.1) is 0 Å². The molecule has 1 saturated carbocycles. The maximum Gasteiger partial charge on any atom is 0.244 e. The van der Waals surface area contributed by atoms with E-state index in [1.54, 1.807) is 0 Å². The van der Waals surface area contributed by atoms with Gasteiger partial charge in [-0.3, -0.25) is 10.1 Å². The predicted octanol–water partition coefficient (Wildman–Crippen LogP) is 2.70. The first-order valence-electron chi connectivity index (χ1n) is 7.05. The molecule has 1 spiro atoms. The first kappa shape index (κ1) is 12.7. The number of rotatable bonds is 2. The second-order valence-electron chi connectivity index (χ2n) is 7.03. The van der Waals surface area contributed by atoms with Crippen LogP contribution < -0.4 is 5.32 Å². The highest BCUT2D eigenvalue weighted by Crippen LogP contribution is 2.46. The van der Waals surface area contributed by atoms with Crippen LogP contribution in [0.25, 0.3) is 0 Å². The molecule has 1 aliphatic carbocycles. The predicted molar refractivity (Wildman–Crippen MR) is 75.5 cm³/mol. The molecule has 0 radical (unpaired) electrons. The van der Waals surface area contributed by atoms with Gasteiger partial charge in [-0.2, -0.15) is 0 Å². The van der Waals surface area contributed by atoms with Crippen molar-refractivity contribution in [2.24, 2.45) is 5.41 Å². The van der Waals surface area contributed by atoms with E-state index in [4.69, 9.17) is 0 Å². The maximum absolute atomic E-state index is 12.6. The molecule has 3 nitrogen and oxygen atoms in total. The van der Waals surface area contributed by atoms with Crippen molar-refractivity contribution in [3.8, 4) is 0 Å². The van der Waals surface area contributed by atoms with Crippen LogP contribution in [0.2, 0.25) is 0 Å². The lowest BCUT2D eigenvalue weighted by Gasteiger charge is -2.31. The molecular formula is C16H22N2O. The van der Waals surface area contributed by atoms with E-state index in [9.17, 15) is 4.79 Å². The minimum absolute atomic E-state index is 0.0374. The van der Waals surface area contributed by atoms with Crippen LogP contribution in [0.4, 0.5) is 0 Å². The van der Waals surface area contributed by atoms with E-state index in [0.717, 1.165) is 19.4 Å². The van der Waals surface area contributed by atoms with Crippen LogP contribution >= 0.6 is 0 Å². The van der Waals surface area contributed by atoms with Crippen molar-refractivity contribution in [2.45, 2.75) is 45.3 Å². The van der Waals surface area contributed by atoms with E-state index in [2.05, 4.69) is 38.2 Å². The number of hydrogen-bond acceptors (Lipinski definition) is 2. The number of benzene rings is 1. The molecule has 1 unspecified atom stereocenters. The molecule has 2 fully saturated rings. The standard InChI is InChI=1S/C16H22N2O/c1-15(2,3)11-18-13(12-7-5-4-6-8-12)17-16(9-10-16)14(18)19/h4-8,13,17H,9-11H2,1-3H3.